The van der Waals surface area contributed by atoms with E-state index in [0.717, 1.165) is 11.3 Å². The van der Waals surface area contributed by atoms with Gasteiger partial charge in [0.25, 0.3) is 5.91 Å². The molecular weight excluding hydrogens is 430 g/mol. The Bertz CT molecular complexity index is 1420. The van der Waals surface area contributed by atoms with Crippen molar-refractivity contribution >= 4 is 39.8 Å². The Kier molecular flexibility index (Phi) is 6.46. The third-order valence-corrected chi connectivity index (χ3v) is 5.06. The minimum Gasteiger partial charge on any atom is -0.506 e. The summed E-state index contributed by atoms with van der Waals surface area (Å²) in [7, 11) is 0. The molecule has 0 atom stereocenters. The number of benzene rings is 2. The van der Waals surface area contributed by atoms with Gasteiger partial charge in [-0.05, 0) is 48.9 Å². The van der Waals surface area contributed by atoms with Crippen molar-refractivity contribution in [2.45, 2.75) is 13.8 Å². The van der Waals surface area contributed by atoms with Crippen molar-refractivity contribution in [3.05, 3.63) is 78.4 Å². The second-order valence-electron chi connectivity index (χ2n) is 7.46. The molecule has 8 nitrogen and oxygen atoms in total. The number of rotatable bonds is 5. The predicted octanol–water partition coefficient (Wildman–Crippen LogP) is 3.57. The van der Waals surface area contributed by atoms with Crippen LogP contribution in [0.25, 0.3) is 10.9 Å². The monoisotopic (exact) mass is 451 g/mol. The summed E-state index contributed by atoms with van der Waals surface area (Å²) in [6.45, 7) is 3.16. The van der Waals surface area contributed by atoms with E-state index in [4.69, 9.17) is 0 Å². The highest BCUT2D eigenvalue weighted by Crippen LogP contribution is 2.42. The second kappa shape index (κ2) is 9.79. The van der Waals surface area contributed by atoms with E-state index >= 15 is 0 Å². The number of aryl methyl sites for hydroxylation is 1. The van der Waals surface area contributed by atoms with Crippen molar-refractivity contribution in [2.24, 2.45) is 0 Å². The molecule has 0 saturated heterocycles. The number of aromatic nitrogens is 3. The van der Waals surface area contributed by atoms with E-state index < -0.39 is 11.7 Å². The number of hydrogen-bond acceptors (Lipinski definition) is 7. The second-order valence-corrected chi connectivity index (χ2v) is 7.46. The summed E-state index contributed by atoms with van der Waals surface area (Å²) in [4.78, 5) is 37.4. The van der Waals surface area contributed by atoms with Gasteiger partial charge in [-0.15, -0.1) is 0 Å². The molecule has 168 valence electrons. The molecule has 2 N–H and O–H groups in total. The molecule has 34 heavy (non-hydrogen) atoms. The van der Waals surface area contributed by atoms with E-state index in [1.54, 1.807) is 24.5 Å². The first-order valence-corrected chi connectivity index (χ1v) is 10.5. The van der Waals surface area contributed by atoms with Crippen LogP contribution >= 0.6 is 0 Å². The summed E-state index contributed by atoms with van der Waals surface area (Å²) in [5.74, 6) is 5.25. The van der Waals surface area contributed by atoms with Crippen LogP contribution in [-0.4, -0.2) is 38.3 Å². The molecule has 0 bridgehead atoms. The number of fused-ring (bicyclic) bond motifs is 1. The topological polar surface area (TPSA) is 108 Å². The molecule has 0 aliphatic carbocycles. The van der Waals surface area contributed by atoms with Crippen molar-refractivity contribution in [1.29, 1.82) is 0 Å². The highest BCUT2D eigenvalue weighted by Gasteiger charge is 2.21. The molecule has 1 amide bonds. The van der Waals surface area contributed by atoms with Crippen LogP contribution in [-0.2, 0) is 9.59 Å². The van der Waals surface area contributed by atoms with Crippen LogP contribution in [0.15, 0.2) is 67.3 Å². The maximum atomic E-state index is 11.4. The number of nitrogens with zero attached hydrogens (tertiary/aromatic N) is 4. The summed E-state index contributed by atoms with van der Waals surface area (Å²) in [5.41, 5.74) is 3.53. The van der Waals surface area contributed by atoms with Crippen LogP contribution in [0, 0.1) is 18.8 Å². The molecule has 4 aromatic rings. The first-order valence-electron chi connectivity index (χ1n) is 10.5. The Morgan fingerprint density at radius 1 is 1.12 bits per heavy atom. The summed E-state index contributed by atoms with van der Waals surface area (Å²) in [6, 6.07) is 14.5. The smallest absolute Gasteiger partial charge is 0.287 e. The predicted molar refractivity (Wildman–Crippen MR) is 129 cm³/mol. The molecule has 0 saturated carbocycles. The molecule has 0 aliphatic heterocycles. The van der Waals surface area contributed by atoms with Gasteiger partial charge in [-0.2, -0.15) is 0 Å². The normalized spacial score (nSPS) is 10.3. The van der Waals surface area contributed by atoms with Crippen LogP contribution in [0.1, 0.15) is 18.1 Å². The summed E-state index contributed by atoms with van der Waals surface area (Å²) < 4.78 is 0. The number of carbonyl (C=O) groups excluding carboxylic acids is 2. The zero-order valence-electron chi connectivity index (χ0n) is 18.6. The van der Waals surface area contributed by atoms with Gasteiger partial charge in [-0.3, -0.25) is 19.5 Å². The van der Waals surface area contributed by atoms with Gasteiger partial charge in [0, 0.05) is 24.1 Å². The van der Waals surface area contributed by atoms with E-state index in [-0.39, 0.29) is 12.3 Å². The van der Waals surface area contributed by atoms with Crippen LogP contribution in [0.2, 0.25) is 0 Å². The van der Waals surface area contributed by atoms with Crippen molar-refractivity contribution in [3.8, 4) is 17.6 Å². The average Bonchev–Trinajstić information content (AvgIpc) is 2.84. The Labute approximate surface area is 196 Å². The third kappa shape index (κ3) is 4.69. The maximum absolute atomic E-state index is 11.4. The van der Waals surface area contributed by atoms with E-state index in [1.165, 1.54) is 13.3 Å². The summed E-state index contributed by atoms with van der Waals surface area (Å²) in [6.07, 6.45) is 4.84. The molecule has 2 aromatic heterocycles. The lowest BCUT2D eigenvalue weighted by atomic mass is 10.1. The molecule has 2 heterocycles. The van der Waals surface area contributed by atoms with Crippen LogP contribution in [0.3, 0.4) is 0 Å². The molecular formula is C26H21N5O3. The van der Waals surface area contributed by atoms with E-state index in [0.29, 0.717) is 28.0 Å². The highest BCUT2D eigenvalue weighted by molar-refractivity contribution is 6.35. The number of aromatic hydroxyl groups is 1. The molecule has 0 aliphatic rings. The lowest BCUT2D eigenvalue weighted by Gasteiger charge is -2.27. The Balaban J connectivity index is 1.82. The maximum Gasteiger partial charge on any atom is 0.287 e. The molecule has 0 radical (unpaired) electrons. The largest absolute Gasteiger partial charge is 0.506 e. The number of hydrogen-bond donors (Lipinski definition) is 2. The minimum atomic E-state index is -0.673. The van der Waals surface area contributed by atoms with Crippen molar-refractivity contribution < 1.29 is 14.7 Å². The zero-order chi connectivity index (χ0) is 24.1. The van der Waals surface area contributed by atoms with E-state index in [9.17, 15) is 14.7 Å². The molecule has 2 aromatic carbocycles. The Morgan fingerprint density at radius 2 is 1.97 bits per heavy atom. The van der Waals surface area contributed by atoms with E-state index in [2.05, 4.69) is 32.1 Å². The number of amides is 1. The quantitative estimate of drug-likeness (QED) is 0.353. The van der Waals surface area contributed by atoms with Crippen molar-refractivity contribution in [3.63, 3.8) is 0 Å². The third-order valence-electron chi connectivity index (χ3n) is 5.06. The Morgan fingerprint density at radius 3 is 2.71 bits per heavy atom. The number of carbonyl (C=O) groups is 2. The fourth-order valence-electron chi connectivity index (χ4n) is 3.47. The van der Waals surface area contributed by atoms with Gasteiger partial charge < -0.3 is 10.4 Å². The summed E-state index contributed by atoms with van der Waals surface area (Å²) >= 11 is 0. The van der Waals surface area contributed by atoms with E-state index in [1.807, 2.05) is 48.2 Å². The number of pyridine rings is 1. The van der Waals surface area contributed by atoms with Gasteiger partial charge in [-0.1, -0.05) is 24.0 Å². The number of ketones is 1. The number of Topliss-reactive ketones (excluding diaryl/α,β-unsaturated/α-hetero) is 1. The molecule has 0 unspecified atom stereocenters. The number of anilines is 3. The number of nitrogens with one attached hydrogen (secondary N) is 1. The standard InChI is InChI=1S/C26H21N5O3/c1-17-6-3-9-23(33)24(17)31(20-8-5-12-27-15-20)25-21-14-19(10-11-22(21)29-16-30-25)7-4-13-28-26(34)18(2)32/h3,5-6,8-12,14-16,33H,13H2,1-2H3,(H,28,34). The lowest BCUT2D eigenvalue weighted by Crippen LogP contribution is -2.29. The van der Waals surface area contributed by atoms with Crippen LogP contribution in [0.4, 0.5) is 17.2 Å². The fraction of sp³-hybridized carbons (Fsp3) is 0.115. The number of phenols is 1. The van der Waals surface area contributed by atoms with Crippen LogP contribution < -0.4 is 10.2 Å². The lowest BCUT2D eigenvalue weighted by molar-refractivity contribution is -0.136. The van der Waals surface area contributed by atoms with Gasteiger partial charge in [0.2, 0.25) is 5.78 Å². The van der Waals surface area contributed by atoms with Crippen molar-refractivity contribution in [1.82, 2.24) is 20.3 Å². The first-order chi connectivity index (χ1) is 16.5. The highest BCUT2D eigenvalue weighted by atomic mass is 16.3. The molecule has 0 fully saturated rings. The molecule has 4 rings (SSSR count). The van der Waals surface area contributed by atoms with Crippen LogP contribution in [0.5, 0.6) is 5.75 Å². The molecule has 0 spiro atoms. The van der Waals surface area contributed by atoms with Gasteiger partial charge in [0.1, 0.15) is 17.9 Å². The number of phenolic OH excluding ortho intramolecular Hbond substituents is 1. The van der Waals surface area contributed by atoms with Gasteiger partial charge in [0.05, 0.1) is 29.6 Å². The number of para-hydroxylation sites is 1. The SMILES string of the molecule is CC(=O)C(=O)NCC#Cc1ccc2ncnc(N(c3cccnc3)c3c(C)cccc3O)c2c1. The minimum absolute atomic E-state index is 0.0491. The van der Waals surface area contributed by atoms with Gasteiger partial charge in [-0.25, -0.2) is 9.97 Å². The first kappa shape index (κ1) is 22.4. The fourth-order valence-corrected chi connectivity index (χ4v) is 3.47. The zero-order valence-corrected chi connectivity index (χ0v) is 18.6. The van der Waals surface area contributed by atoms with Gasteiger partial charge in [0.15, 0.2) is 0 Å². The van der Waals surface area contributed by atoms with Gasteiger partial charge >= 0.3 is 0 Å². The molecule has 8 heteroatoms. The summed E-state index contributed by atoms with van der Waals surface area (Å²) in [5, 5.41) is 13.9. The average molecular weight is 451 g/mol. The van der Waals surface area contributed by atoms with Crippen molar-refractivity contribution in [2.75, 3.05) is 11.4 Å². The Hall–Kier alpha value is -4.77.